The quantitative estimate of drug-likeness (QED) is 0.103. The predicted octanol–water partition coefficient (Wildman–Crippen LogP) is 4.51. The van der Waals surface area contributed by atoms with Gasteiger partial charge in [0.25, 0.3) is 5.91 Å². The Bertz CT molecular complexity index is 1290. The summed E-state index contributed by atoms with van der Waals surface area (Å²) in [5, 5.41) is 16.2. The zero-order valence-corrected chi connectivity index (χ0v) is 26.8. The van der Waals surface area contributed by atoms with Crippen molar-refractivity contribution in [3.8, 4) is 6.07 Å². The van der Waals surface area contributed by atoms with E-state index < -0.39 is 21.2 Å². The van der Waals surface area contributed by atoms with E-state index in [1.54, 1.807) is 79.0 Å². The van der Waals surface area contributed by atoms with Crippen LogP contribution in [0.3, 0.4) is 0 Å². The number of amides is 1. The molecule has 1 aliphatic rings. The molecule has 1 N–H and O–H groups in total. The molecule has 0 fully saturated rings. The van der Waals surface area contributed by atoms with Gasteiger partial charge in [-0.25, -0.2) is 17.7 Å². The van der Waals surface area contributed by atoms with E-state index in [1.807, 2.05) is 33.8 Å². The second-order valence-corrected chi connectivity index (χ2v) is 11.7. The lowest BCUT2D eigenvalue weighted by atomic mass is 9.96. The molecule has 42 heavy (non-hydrogen) atoms. The summed E-state index contributed by atoms with van der Waals surface area (Å²) in [7, 11) is 1.37. The fourth-order valence-corrected chi connectivity index (χ4v) is 5.73. The fraction of sp³-hybridized carbons (Fsp3) is 0.484. The molecular formula is C31H46N6O4S. The molecule has 0 saturated carbocycles. The molecule has 11 heteroatoms. The zero-order chi connectivity index (χ0) is 31.7. The number of hydrogen-bond donors (Lipinski definition) is 1. The fourth-order valence-electron chi connectivity index (χ4n) is 3.96. The van der Waals surface area contributed by atoms with Crippen LogP contribution in [-0.4, -0.2) is 80.1 Å². The number of rotatable bonds is 15. The Balaban J connectivity index is 0.00000431. The third-order valence-electron chi connectivity index (χ3n) is 6.53. The second-order valence-electron chi connectivity index (χ2n) is 9.58. The minimum Gasteiger partial charge on any atom is -0.297 e. The highest BCUT2D eigenvalue weighted by molar-refractivity contribution is 7.89. The minimum absolute atomic E-state index is 0.0904. The monoisotopic (exact) mass is 598 g/mol. The largest absolute Gasteiger partial charge is 0.297 e. The Morgan fingerprint density at radius 2 is 1.69 bits per heavy atom. The van der Waals surface area contributed by atoms with Gasteiger partial charge in [0.1, 0.15) is 11.6 Å². The van der Waals surface area contributed by atoms with Crippen LogP contribution in [0.25, 0.3) is 5.57 Å². The molecule has 0 radical (unpaired) electrons. The Morgan fingerprint density at radius 3 is 2.14 bits per heavy atom. The van der Waals surface area contributed by atoms with Gasteiger partial charge in [0.05, 0.1) is 10.9 Å². The van der Waals surface area contributed by atoms with E-state index in [0.29, 0.717) is 30.6 Å². The van der Waals surface area contributed by atoms with E-state index >= 15 is 0 Å². The van der Waals surface area contributed by atoms with Gasteiger partial charge >= 0.3 is 0 Å². The predicted molar refractivity (Wildman–Crippen MR) is 169 cm³/mol. The van der Waals surface area contributed by atoms with Crippen molar-refractivity contribution in [3.05, 3.63) is 65.4 Å². The van der Waals surface area contributed by atoms with Crippen LogP contribution in [-0.2, 0) is 19.6 Å². The maximum absolute atomic E-state index is 13.5. The number of benzene rings is 1. The number of carbonyl (C=O) groups excluding carboxylic acids is 2. The Morgan fingerprint density at radius 1 is 1.10 bits per heavy atom. The number of allylic oxidation sites excluding steroid dienone is 3. The van der Waals surface area contributed by atoms with E-state index in [9.17, 15) is 23.3 Å². The number of sulfonamides is 1. The third kappa shape index (κ3) is 10.0. The number of hydrazone groups is 1. The van der Waals surface area contributed by atoms with Gasteiger partial charge in [-0.1, -0.05) is 83.0 Å². The van der Waals surface area contributed by atoms with Crippen LogP contribution < -0.4 is 5.43 Å². The van der Waals surface area contributed by atoms with Crippen LogP contribution in [0, 0.1) is 11.3 Å². The number of aldehydes is 1. The van der Waals surface area contributed by atoms with E-state index in [4.69, 9.17) is 0 Å². The van der Waals surface area contributed by atoms with Crippen LogP contribution in [0.5, 0.6) is 0 Å². The Kier molecular flexibility index (Phi) is 16.3. The molecule has 0 spiro atoms. The number of nitrogens with one attached hydrogen (secondary N) is 1. The first-order chi connectivity index (χ1) is 20.1. The van der Waals surface area contributed by atoms with Crippen molar-refractivity contribution in [1.29, 1.82) is 5.26 Å². The van der Waals surface area contributed by atoms with Gasteiger partial charge in [-0.05, 0) is 30.9 Å². The molecule has 1 aromatic rings. The van der Waals surface area contributed by atoms with Gasteiger partial charge in [0.2, 0.25) is 10.0 Å². The van der Waals surface area contributed by atoms with E-state index in [0.717, 1.165) is 25.7 Å². The molecule has 0 saturated heterocycles. The molecule has 1 aromatic carbocycles. The number of hydrogen-bond acceptors (Lipinski definition) is 8. The van der Waals surface area contributed by atoms with Crippen molar-refractivity contribution in [2.24, 2.45) is 5.10 Å². The molecular weight excluding hydrogens is 552 g/mol. The SMILES string of the molecule is CC.CCCCN(CCCC)S(=O)(=O)C1C=CC(N/N=C(C(=O)N(C)N(C)C)/C(=C(/C#N)C=O)c2ccccc2)=CC1. The summed E-state index contributed by atoms with van der Waals surface area (Å²) in [4.78, 5) is 25.3. The lowest BCUT2D eigenvalue weighted by molar-refractivity contribution is -0.133. The summed E-state index contributed by atoms with van der Waals surface area (Å²) >= 11 is 0. The molecule has 0 heterocycles. The third-order valence-corrected chi connectivity index (χ3v) is 8.73. The molecule has 1 amide bonds. The topological polar surface area (TPSA) is 126 Å². The number of unbranched alkanes of at least 4 members (excludes halogenated alkanes) is 2. The van der Waals surface area contributed by atoms with Crippen LogP contribution in [0.15, 0.2) is 64.9 Å². The maximum Gasteiger partial charge on any atom is 0.288 e. The van der Waals surface area contributed by atoms with Crippen molar-refractivity contribution < 1.29 is 18.0 Å². The normalized spacial score (nSPS) is 15.7. The summed E-state index contributed by atoms with van der Waals surface area (Å²) in [6.45, 7) is 9.07. The lowest BCUT2D eigenvalue weighted by Crippen LogP contribution is -2.43. The summed E-state index contributed by atoms with van der Waals surface area (Å²) in [5.41, 5.74) is 3.53. The first kappa shape index (κ1) is 36.4. The molecule has 230 valence electrons. The van der Waals surface area contributed by atoms with Crippen LogP contribution >= 0.6 is 0 Å². The van der Waals surface area contributed by atoms with Gasteiger partial charge in [0.15, 0.2) is 12.0 Å². The molecule has 0 bridgehead atoms. The first-order valence-electron chi connectivity index (χ1n) is 14.4. The van der Waals surface area contributed by atoms with Gasteiger partial charge < -0.3 is 0 Å². The van der Waals surface area contributed by atoms with Gasteiger partial charge in [0, 0.05) is 39.8 Å². The number of nitriles is 1. The van der Waals surface area contributed by atoms with Crippen molar-refractivity contribution in [2.45, 2.75) is 65.0 Å². The van der Waals surface area contributed by atoms with E-state index in [1.165, 1.54) is 5.01 Å². The van der Waals surface area contributed by atoms with Gasteiger partial charge in [-0.2, -0.15) is 10.4 Å². The van der Waals surface area contributed by atoms with E-state index in [2.05, 4.69) is 10.5 Å². The highest BCUT2D eigenvalue weighted by Gasteiger charge is 2.31. The number of carbonyl (C=O) groups is 2. The van der Waals surface area contributed by atoms with Crippen molar-refractivity contribution in [2.75, 3.05) is 34.2 Å². The molecule has 1 atom stereocenters. The number of nitrogens with zero attached hydrogens (tertiary/aromatic N) is 5. The number of hydrazine groups is 1. The molecule has 10 nitrogen and oxygen atoms in total. The second kappa shape index (κ2) is 18.8. The average molecular weight is 599 g/mol. The lowest BCUT2D eigenvalue weighted by Gasteiger charge is -2.27. The first-order valence-corrected chi connectivity index (χ1v) is 15.9. The zero-order valence-electron chi connectivity index (χ0n) is 26.0. The summed E-state index contributed by atoms with van der Waals surface area (Å²) in [6.07, 6.45) is 9.04. The molecule has 0 aliphatic heterocycles. The standard InChI is InChI=1S/C29H40N6O4S.C2H6/c1-6-8-19-35(20-9-7-2)40(38,39)26-17-15-25(16-18-26)31-32-28(29(37)34(5)33(3)4)27(24(21-30)22-36)23-13-11-10-12-14-23;1-2/h10-17,22,26,31H,6-9,18-20H2,1-5H3;1-2H3/b27-24-,32-28-;. The maximum atomic E-state index is 13.5. The van der Waals surface area contributed by atoms with Gasteiger partial charge in [-0.3, -0.25) is 20.0 Å². The van der Waals surface area contributed by atoms with Crippen LogP contribution in [0.4, 0.5) is 0 Å². The van der Waals surface area contributed by atoms with Crippen molar-refractivity contribution in [1.82, 2.24) is 19.7 Å². The van der Waals surface area contributed by atoms with Gasteiger partial charge in [-0.15, -0.1) is 0 Å². The molecule has 2 rings (SSSR count). The smallest absolute Gasteiger partial charge is 0.288 e. The highest BCUT2D eigenvalue weighted by atomic mass is 32.2. The van der Waals surface area contributed by atoms with Crippen molar-refractivity contribution in [3.63, 3.8) is 0 Å². The van der Waals surface area contributed by atoms with E-state index in [-0.39, 0.29) is 23.3 Å². The summed E-state index contributed by atoms with van der Waals surface area (Å²) < 4.78 is 28.3. The summed E-state index contributed by atoms with van der Waals surface area (Å²) in [5.74, 6) is -0.547. The summed E-state index contributed by atoms with van der Waals surface area (Å²) in [6, 6.07) is 10.5. The average Bonchev–Trinajstić information content (AvgIpc) is 3.01. The minimum atomic E-state index is -3.54. The molecule has 1 aliphatic carbocycles. The highest BCUT2D eigenvalue weighted by Crippen LogP contribution is 2.23. The molecule has 0 aromatic heterocycles. The van der Waals surface area contributed by atoms with Crippen LogP contribution in [0.2, 0.25) is 0 Å². The Labute approximate surface area is 252 Å². The van der Waals surface area contributed by atoms with Crippen LogP contribution in [0.1, 0.15) is 65.4 Å². The molecule has 1 unspecified atom stereocenters. The Hall–Kier alpha value is -3.59. The van der Waals surface area contributed by atoms with Crippen molar-refractivity contribution >= 4 is 33.5 Å².